The minimum Gasteiger partial charge on any atom is -0.338 e. The van der Waals surface area contributed by atoms with Crippen LogP contribution in [0.2, 0.25) is 0 Å². The molecule has 3 rings (SSSR count). The highest BCUT2D eigenvalue weighted by atomic mass is 16.2. The second-order valence-corrected chi connectivity index (χ2v) is 6.02. The summed E-state index contributed by atoms with van der Waals surface area (Å²) in [7, 11) is 0. The number of rotatable bonds is 3. The summed E-state index contributed by atoms with van der Waals surface area (Å²) >= 11 is 0. The zero-order valence-electron chi connectivity index (χ0n) is 12.1. The van der Waals surface area contributed by atoms with E-state index in [2.05, 4.69) is 34.5 Å². The van der Waals surface area contributed by atoms with Crippen LogP contribution in [0.25, 0.3) is 0 Å². The van der Waals surface area contributed by atoms with Crippen LogP contribution in [0.3, 0.4) is 0 Å². The molecule has 1 unspecified atom stereocenters. The third-order valence-corrected chi connectivity index (χ3v) is 4.58. The molecule has 2 aliphatic rings. The van der Waals surface area contributed by atoms with Crippen molar-refractivity contribution in [1.29, 1.82) is 0 Å². The maximum Gasteiger partial charge on any atom is 0.239 e. The number of carbonyl (C=O) groups is 1. The van der Waals surface area contributed by atoms with Crippen LogP contribution in [-0.4, -0.2) is 36.0 Å². The number of hydrogen-bond donors (Lipinski definition) is 1. The van der Waals surface area contributed by atoms with Crippen molar-refractivity contribution in [2.45, 2.75) is 50.6 Å². The standard InChI is InChI=1S/C17H24N2O/c20-17(16-10-4-5-11-18-16)19-12-6-9-15(19)13-14-7-2-1-3-8-14/h1-3,7-8,15-16,18H,4-6,9-13H2/t15?,16-/m0/s1. The molecule has 2 aliphatic heterocycles. The summed E-state index contributed by atoms with van der Waals surface area (Å²) in [5, 5.41) is 3.39. The van der Waals surface area contributed by atoms with E-state index in [1.54, 1.807) is 0 Å². The van der Waals surface area contributed by atoms with E-state index >= 15 is 0 Å². The number of hydrogen-bond acceptors (Lipinski definition) is 2. The van der Waals surface area contributed by atoms with E-state index in [1.165, 1.54) is 18.4 Å². The molecule has 0 spiro atoms. The first kappa shape index (κ1) is 13.6. The van der Waals surface area contributed by atoms with Crippen molar-refractivity contribution in [3.05, 3.63) is 35.9 Å². The lowest BCUT2D eigenvalue weighted by Gasteiger charge is -2.31. The maximum absolute atomic E-state index is 12.7. The van der Waals surface area contributed by atoms with Crippen LogP contribution in [0.4, 0.5) is 0 Å². The van der Waals surface area contributed by atoms with Crippen LogP contribution in [0.5, 0.6) is 0 Å². The van der Waals surface area contributed by atoms with Gasteiger partial charge in [0.2, 0.25) is 5.91 Å². The largest absolute Gasteiger partial charge is 0.338 e. The molecule has 20 heavy (non-hydrogen) atoms. The van der Waals surface area contributed by atoms with Crippen molar-refractivity contribution < 1.29 is 4.79 Å². The van der Waals surface area contributed by atoms with Gasteiger partial charge in [0.15, 0.2) is 0 Å². The van der Waals surface area contributed by atoms with Gasteiger partial charge in [0.05, 0.1) is 6.04 Å². The lowest BCUT2D eigenvalue weighted by Crippen LogP contribution is -2.50. The number of piperidine rings is 1. The normalized spacial score (nSPS) is 26.7. The van der Waals surface area contributed by atoms with Gasteiger partial charge in [-0.25, -0.2) is 0 Å². The Morgan fingerprint density at radius 3 is 2.75 bits per heavy atom. The predicted octanol–water partition coefficient (Wildman–Crippen LogP) is 2.36. The molecule has 0 bridgehead atoms. The quantitative estimate of drug-likeness (QED) is 0.916. The van der Waals surface area contributed by atoms with Gasteiger partial charge < -0.3 is 10.2 Å². The number of nitrogens with zero attached hydrogens (tertiary/aromatic N) is 1. The highest BCUT2D eigenvalue weighted by Gasteiger charge is 2.33. The van der Waals surface area contributed by atoms with Gasteiger partial charge in [-0.3, -0.25) is 4.79 Å². The summed E-state index contributed by atoms with van der Waals surface area (Å²) in [5.41, 5.74) is 1.34. The number of nitrogens with one attached hydrogen (secondary N) is 1. The lowest BCUT2D eigenvalue weighted by molar-refractivity contribution is -0.134. The van der Waals surface area contributed by atoms with Gasteiger partial charge in [-0.15, -0.1) is 0 Å². The first-order chi connectivity index (χ1) is 9.84. The van der Waals surface area contributed by atoms with Gasteiger partial charge >= 0.3 is 0 Å². The van der Waals surface area contributed by atoms with Crippen LogP contribution in [0, 0.1) is 0 Å². The average molecular weight is 272 g/mol. The van der Waals surface area contributed by atoms with E-state index in [4.69, 9.17) is 0 Å². The van der Waals surface area contributed by atoms with Gasteiger partial charge in [0.25, 0.3) is 0 Å². The van der Waals surface area contributed by atoms with E-state index in [-0.39, 0.29) is 6.04 Å². The fraction of sp³-hybridized carbons (Fsp3) is 0.588. The molecule has 0 radical (unpaired) electrons. The fourth-order valence-electron chi connectivity index (χ4n) is 3.49. The van der Waals surface area contributed by atoms with E-state index in [9.17, 15) is 4.79 Å². The lowest BCUT2D eigenvalue weighted by atomic mass is 10.0. The second-order valence-electron chi connectivity index (χ2n) is 6.02. The molecular formula is C17H24N2O. The second kappa shape index (κ2) is 6.40. The van der Waals surface area contributed by atoms with E-state index in [0.29, 0.717) is 11.9 Å². The zero-order chi connectivity index (χ0) is 13.8. The monoisotopic (exact) mass is 272 g/mol. The van der Waals surface area contributed by atoms with E-state index < -0.39 is 0 Å². The van der Waals surface area contributed by atoms with Crippen molar-refractivity contribution in [3.63, 3.8) is 0 Å². The van der Waals surface area contributed by atoms with Crippen molar-refractivity contribution >= 4 is 5.91 Å². The molecular weight excluding hydrogens is 248 g/mol. The molecule has 108 valence electrons. The Kier molecular flexibility index (Phi) is 4.36. The molecule has 3 heteroatoms. The molecule has 0 aromatic heterocycles. The highest BCUT2D eigenvalue weighted by Crippen LogP contribution is 2.23. The minimum atomic E-state index is 0.0696. The number of likely N-dealkylation sites (tertiary alicyclic amines) is 1. The van der Waals surface area contributed by atoms with Crippen LogP contribution in [0.1, 0.15) is 37.7 Å². The molecule has 2 heterocycles. The molecule has 1 aromatic rings. The molecule has 2 saturated heterocycles. The van der Waals surface area contributed by atoms with E-state index in [1.807, 2.05) is 6.07 Å². The Bertz CT molecular complexity index is 440. The Morgan fingerprint density at radius 1 is 1.15 bits per heavy atom. The summed E-state index contributed by atoms with van der Waals surface area (Å²) in [6.07, 6.45) is 6.69. The van der Waals surface area contributed by atoms with Crippen molar-refractivity contribution in [3.8, 4) is 0 Å². The Labute approximate surface area is 121 Å². The Hall–Kier alpha value is -1.35. The van der Waals surface area contributed by atoms with Crippen LogP contribution >= 0.6 is 0 Å². The van der Waals surface area contributed by atoms with Gasteiger partial charge in [-0.05, 0) is 44.2 Å². The summed E-state index contributed by atoms with van der Waals surface area (Å²) < 4.78 is 0. The molecule has 1 N–H and O–H groups in total. The van der Waals surface area contributed by atoms with Gasteiger partial charge in [-0.1, -0.05) is 36.8 Å². The summed E-state index contributed by atoms with van der Waals surface area (Å²) in [6, 6.07) is 11.0. The van der Waals surface area contributed by atoms with Crippen molar-refractivity contribution in [2.75, 3.05) is 13.1 Å². The Morgan fingerprint density at radius 2 is 2.00 bits per heavy atom. The number of carbonyl (C=O) groups excluding carboxylic acids is 1. The smallest absolute Gasteiger partial charge is 0.239 e. The number of amides is 1. The molecule has 3 nitrogen and oxygen atoms in total. The minimum absolute atomic E-state index is 0.0696. The zero-order valence-corrected chi connectivity index (χ0v) is 12.1. The molecule has 1 aromatic carbocycles. The first-order valence-corrected chi connectivity index (χ1v) is 7.92. The van der Waals surface area contributed by atoms with Crippen LogP contribution < -0.4 is 5.32 Å². The maximum atomic E-state index is 12.7. The summed E-state index contributed by atoms with van der Waals surface area (Å²) in [4.78, 5) is 14.8. The molecule has 0 aliphatic carbocycles. The first-order valence-electron chi connectivity index (χ1n) is 7.92. The van der Waals surface area contributed by atoms with Gasteiger partial charge in [0.1, 0.15) is 0 Å². The predicted molar refractivity (Wildman–Crippen MR) is 80.5 cm³/mol. The SMILES string of the molecule is O=C([C@@H]1CCCCN1)N1CCCC1Cc1ccccc1. The molecule has 2 fully saturated rings. The third kappa shape index (κ3) is 3.04. The number of benzene rings is 1. The fourth-order valence-corrected chi connectivity index (χ4v) is 3.49. The van der Waals surface area contributed by atoms with Gasteiger partial charge in [-0.2, -0.15) is 0 Å². The highest BCUT2D eigenvalue weighted by molar-refractivity contribution is 5.82. The Balaban J connectivity index is 1.64. The molecule has 0 saturated carbocycles. The average Bonchev–Trinajstić information content (AvgIpc) is 2.96. The molecule has 2 atom stereocenters. The van der Waals surface area contributed by atoms with Gasteiger partial charge in [0, 0.05) is 12.6 Å². The topological polar surface area (TPSA) is 32.3 Å². The third-order valence-electron chi connectivity index (χ3n) is 4.58. The summed E-state index contributed by atoms with van der Waals surface area (Å²) in [6.45, 7) is 1.93. The summed E-state index contributed by atoms with van der Waals surface area (Å²) in [5.74, 6) is 0.336. The molecule has 1 amide bonds. The van der Waals surface area contributed by atoms with Crippen molar-refractivity contribution in [1.82, 2.24) is 10.2 Å². The van der Waals surface area contributed by atoms with Crippen molar-refractivity contribution in [2.24, 2.45) is 0 Å². The van der Waals surface area contributed by atoms with E-state index in [0.717, 1.165) is 38.8 Å². The van der Waals surface area contributed by atoms with Crippen LogP contribution in [-0.2, 0) is 11.2 Å². The van der Waals surface area contributed by atoms with Crippen LogP contribution in [0.15, 0.2) is 30.3 Å².